The molecule has 0 unspecified atom stereocenters. The van der Waals surface area contributed by atoms with Gasteiger partial charge in [-0.25, -0.2) is 0 Å². The number of esters is 1. The van der Waals surface area contributed by atoms with Crippen LogP contribution in [0.25, 0.3) is 0 Å². The third-order valence-corrected chi connectivity index (χ3v) is 4.21. The van der Waals surface area contributed by atoms with Crippen LogP contribution in [0, 0.1) is 0 Å². The second-order valence-corrected chi connectivity index (χ2v) is 6.67. The lowest BCUT2D eigenvalue weighted by atomic mass is 9.91. The first kappa shape index (κ1) is 23.0. The van der Waals surface area contributed by atoms with Gasteiger partial charge < -0.3 is 28.8 Å². The quantitative estimate of drug-likeness (QED) is 0.447. The van der Waals surface area contributed by atoms with Crippen molar-refractivity contribution in [3.8, 4) is 17.2 Å². The average Bonchev–Trinajstić information content (AvgIpc) is 2.72. The number of aliphatic hydroxyl groups is 1. The number of methoxy groups -OCH3 is 1. The van der Waals surface area contributed by atoms with E-state index < -0.39 is 29.7 Å². The van der Waals surface area contributed by atoms with E-state index in [2.05, 4.69) is 6.58 Å². The molecule has 0 aliphatic rings. The Balaban J connectivity index is 2.55. The number of carbonyl (C=O) groups excluding carboxylic acids is 1. The van der Waals surface area contributed by atoms with Crippen LogP contribution in [0.2, 0.25) is 0 Å². The van der Waals surface area contributed by atoms with Crippen LogP contribution in [0.1, 0.15) is 43.3 Å². The maximum atomic E-state index is 12.2. The first-order valence-corrected chi connectivity index (χ1v) is 9.38. The zero-order valence-electron chi connectivity index (χ0n) is 17.3. The molecule has 1 atom stereocenters. The van der Waals surface area contributed by atoms with Gasteiger partial charge in [-0.2, -0.15) is 0 Å². The first-order chi connectivity index (χ1) is 14.3. The highest BCUT2D eigenvalue weighted by Gasteiger charge is 2.27. The Bertz CT molecular complexity index is 960. The summed E-state index contributed by atoms with van der Waals surface area (Å²) in [7, 11) is 1.47. The SMILES string of the molecule is C=C(C)COc1ccc([C@H](CC(=O)OCC)c2oc(CO)cc(=O)c2O)cc1OC. The minimum Gasteiger partial charge on any atom is -0.502 e. The molecule has 8 nitrogen and oxygen atoms in total. The topological polar surface area (TPSA) is 115 Å². The number of hydrogen-bond acceptors (Lipinski definition) is 8. The molecule has 0 saturated heterocycles. The van der Waals surface area contributed by atoms with Gasteiger partial charge in [-0.05, 0) is 37.1 Å². The van der Waals surface area contributed by atoms with Crippen molar-refractivity contribution in [1.82, 2.24) is 0 Å². The maximum Gasteiger partial charge on any atom is 0.306 e. The third kappa shape index (κ3) is 5.64. The van der Waals surface area contributed by atoms with E-state index in [0.29, 0.717) is 23.7 Å². The van der Waals surface area contributed by atoms with E-state index in [4.69, 9.17) is 18.6 Å². The van der Waals surface area contributed by atoms with E-state index in [-0.39, 0.29) is 24.5 Å². The molecule has 0 radical (unpaired) electrons. The lowest BCUT2D eigenvalue weighted by Crippen LogP contribution is -2.15. The van der Waals surface area contributed by atoms with Crippen molar-refractivity contribution in [2.75, 3.05) is 20.3 Å². The fourth-order valence-corrected chi connectivity index (χ4v) is 2.84. The fraction of sp³-hybridized carbons (Fsp3) is 0.364. The van der Waals surface area contributed by atoms with E-state index in [1.54, 1.807) is 25.1 Å². The highest BCUT2D eigenvalue weighted by Crippen LogP contribution is 2.38. The molecule has 0 saturated carbocycles. The number of carbonyl (C=O) groups is 1. The van der Waals surface area contributed by atoms with Crippen molar-refractivity contribution in [1.29, 1.82) is 0 Å². The highest BCUT2D eigenvalue weighted by atomic mass is 16.5. The Labute approximate surface area is 174 Å². The Morgan fingerprint density at radius 2 is 2.00 bits per heavy atom. The molecule has 0 spiro atoms. The van der Waals surface area contributed by atoms with Crippen molar-refractivity contribution in [3.63, 3.8) is 0 Å². The molecule has 2 N–H and O–H groups in total. The highest BCUT2D eigenvalue weighted by molar-refractivity contribution is 5.71. The molecular weight excluding hydrogens is 392 g/mol. The molecule has 8 heteroatoms. The van der Waals surface area contributed by atoms with E-state index in [0.717, 1.165) is 11.6 Å². The van der Waals surface area contributed by atoms with Gasteiger partial charge in [0.1, 0.15) is 19.0 Å². The van der Waals surface area contributed by atoms with Crippen molar-refractivity contribution in [3.05, 3.63) is 63.7 Å². The van der Waals surface area contributed by atoms with Gasteiger partial charge in [-0.15, -0.1) is 0 Å². The summed E-state index contributed by atoms with van der Waals surface area (Å²) < 4.78 is 21.6. The summed E-state index contributed by atoms with van der Waals surface area (Å²) in [5, 5.41) is 19.7. The van der Waals surface area contributed by atoms with Gasteiger partial charge in [-0.3, -0.25) is 9.59 Å². The van der Waals surface area contributed by atoms with E-state index >= 15 is 0 Å². The Kier molecular flexibility index (Phi) is 8.06. The van der Waals surface area contributed by atoms with Crippen molar-refractivity contribution in [2.24, 2.45) is 0 Å². The molecule has 1 aromatic carbocycles. The van der Waals surface area contributed by atoms with Gasteiger partial charge in [0, 0.05) is 6.07 Å². The summed E-state index contributed by atoms with van der Waals surface area (Å²) in [6, 6.07) is 5.95. The molecule has 162 valence electrons. The smallest absolute Gasteiger partial charge is 0.306 e. The lowest BCUT2D eigenvalue weighted by molar-refractivity contribution is -0.143. The van der Waals surface area contributed by atoms with Gasteiger partial charge in [0.25, 0.3) is 0 Å². The number of ether oxygens (including phenoxy) is 3. The van der Waals surface area contributed by atoms with Crippen LogP contribution in [0.3, 0.4) is 0 Å². The molecule has 0 aliphatic heterocycles. The molecule has 0 aliphatic carbocycles. The zero-order chi connectivity index (χ0) is 22.3. The minimum atomic E-state index is -0.854. The van der Waals surface area contributed by atoms with Crippen molar-refractivity contribution in [2.45, 2.75) is 32.8 Å². The van der Waals surface area contributed by atoms with Gasteiger partial charge >= 0.3 is 5.97 Å². The lowest BCUT2D eigenvalue weighted by Gasteiger charge is -2.19. The molecule has 0 bridgehead atoms. The second-order valence-electron chi connectivity index (χ2n) is 6.67. The van der Waals surface area contributed by atoms with Crippen LogP contribution in [-0.4, -0.2) is 36.5 Å². The number of benzene rings is 1. The second kappa shape index (κ2) is 10.5. The summed E-state index contributed by atoms with van der Waals surface area (Å²) in [5.41, 5.74) is 0.632. The molecule has 2 rings (SSSR count). The number of aromatic hydroxyl groups is 1. The van der Waals surface area contributed by atoms with Gasteiger partial charge in [0.2, 0.25) is 11.2 Å². The summed E-state index contributed by atoms with van der Waals surface area (Å²) in [6.45, 7) is 7.23. The largest absolute Gasteiger partial charge is 0.502 e. The van der Waals surface area contributed by atoms with Crippen LogP contribution in [0.15, 0.2) is 45.6 Å². The Morgan fingerprint density at radius 3 is 2.60 bits per heavy atom. The molecule has 1 heterocycles. The summed E-state index contributed by atoms with van der Waals surface area (Å²) >= 11 is 0. The van der Waals surface area contributed by atoms with Crippen LogP contribution in [-0.2, 0) is 16.1 Å². The molecule has 0 amide bonds. The molecule has 30 heavy (non-hydrogen) atoms. The normalized spacial score (nSPS) is 11.6. The predicted octanol–water partition coefficient (Wildman–Crippen LogP) is 2.89. The predicted molar refractivity (Wildman–Crippen MR) is 109 cm³/mol. The van der Waals surface area contributed by atoms with E-state index in [9.17, 15) is 19.8 Å². The number of hydrogen-bond donors (Lipinski definition) is 2. The fourth-order valence-electron chi connectivity index (χ4n) is 2.84. The molecular formula is C22H26O8. The summed E-state index contributed by atoms with van der Waals surface area (Å²) in [6.07, 6.45) is -0.200. The van der Waals surface area contributed by atoms with Gasteiger partial charge in [0.15, 0.2) is 17.3 Å². The van der Waals surface area contributed by atoms with Crippen molar-refractivity contribution < 1.29 is 33.6 Å². The molecule has 0 fully saturated rings. The number of aliphatic hydroxyl groups excluding tert-OH is 1. The Hall–Kier alpha value is -3.26. The van der Waals surface area contributed by atoms with Crippen LogP contribution in [0.4, 0.5) is 0 Å². The van der Waals surface area contributed by atoms with Gasteiger partial charge in [-0.1, -0.05) is 12.6 Å². The maximum absolute atomic E-state index is 12.2. The minimum absolute atomic E-state index is 0.0324. The zero-order valence-corrected chi connectivity index (χ0v) is 17.3. The van der Waals surface area contributed by atoms with Crippen LogP contribution < -0.4 is 14.9 Å². The van der Waals surface area contributed by atoms with Crippen molar-refractivity contribution >= 4 is 5.97 Å². The molecule has 1 aromatic heterocycles. The van der Waals surface area contributed by atoms with E-state index in [1.807, 2.05) is 6.92 Å². The first-order valence-electron chi connectivity index (χ1n) is 9.38. The summed E-state index contributed by atoms with van der Waals surface area (Å²) in [4.78, 5) is 24.3. The van der Waals surface area contributed by atoms with E-state index in [1.165, 1.54) is 7.11 Å². The third-order valence-electron chi connectivity index (χ3n) is 4.21. The standard InChI is InChI=1S/C22H26O8/c1-5-28-20(25)10-16(22-21(26)17(24)9-15(11-23)30-22)14-6-7-18(19(8-14)27-4)29-12-13(2)3/h6-9,16,23,26H,2,5,10-12H2,1,3-4H3/t16-/m0/s1. The monoisotopic (exact) mass is 418 g/mol. The number of rotatable bonds is 10. The van der Waals surface area contributed by atoms with Gasteiger partial charge in [0.05, 0.1) is 26.1 Å². The van der Waals surface area contributed by atoms with Crippen LogP contribution >= 0.6 is 0 Å². The average molecular weight is 418 g/mol. The molecule has 2 aromatic rings. The van der Waals surface area contributed by atoms with Crippen LogP contribution in [0.5, 0.6) is 17.2 Å². The Morgan fingerprint density at radius 1 is 1.27 bits per heavy atom. The summed E-state index contributed by atoms with van der Waals surface area (Å²) in [5.74, 6) is -1.35.